The van der Waals surface area contributed by atoms with E-state index in [0.717, 1.165) is 38.5 Å². The van der Waals surface area contributed by atoms with Crippen LogP contribution in [0.1, 0.15) is 44.9 Å². The first-order valence-electron chi connectivity index (χ1n) is 6.42. The Hall–Kier alpha value is -0.750. The monoisotopic (exact) mass is 275 g/mol. The SMILES string of the molecule is O=C(O)CCCCCCCC1NC(C(=O)O)CS1. The topological polar surface area (TPSA) is 86.6 Å². The van der Waals surface area contributed by atoms with E-state index in [4.69, 9.17) is 10.2 Å². The fourth-order valence-corrected chi connectivity index (χ4v) is 3.24. The minimum absolute atomic E-state index is 0.264. The van der Waals surface area contributed by atoms with Gasteiger partial charge in [-0.3, -0.25) is 14.9 Å². The van der Waals surface area contributed by atoms with Crippen LogP contribution in [0.3, 0.4) is 0 Å². The third-order valence-electron chi connectivity index (χ3n) is 3.01. The number of carbonyl (C=O) groups is 2. The van der Waals surface area contributed by atoms with Crippen molar-refractivity contribution in [3.8, 4) is 0 Å². The van der Waals surface area contributed by atoms with Crippen LogP contribution in [-0.2, 0) is 9.59 Å². The molecule has 2 unspecified atom stereocenters. The lowest BCUT2D eigenvalue weighted by molar-refractivity contribution is -0.139. The molecule has 0 aromatic rings. The maximum Gasteiger partial charge on any atom is 0.321 e. The summed E-state index contributed by atoms with van der Waals surface area (Å²) in [5.74, 6) is -0.835. The number of nitrogens with one attached hydrogen (secondary N) is 1. The van der Waals surface area contributed by atoms with Crippen LogP contribution in [-0.4, -0.2) is 39.3 Å². The molecule has 6 heteroatoms. The predicted octanol–water partition coefficient (Wildman–Crippen LogP) is 1.92. The average Bonchev–Trinajstić information content (AvgIpc) is 2.76. The van der Waals surface area contributed by atoms with Gasteiger partial charge in [-0.15, -0.1) is 11.8 Å². The number of rotatable bonds is 9. The normalized spacial score (nSPS) is 23.1. The Morgan fingerprint density at radius 1 is 1.11 bits per heavy atom. The van der Waals surface area contributed by atoms with Crippen LogP contribution in [0.2, 0.25) is 0 Å². The Labute approximate surface area is 111 Å². The molecule has 104 valence electrons. The van der Waals surface area contributed by atoms with Crippen LogP contribution in [0.15, 0.2) is 0 Å². The third kappa shape index (κ3) is 6.26. The number of carboxylic acids is 2. The van der Waals surface area contributed by atoms with Gasteiger partial charge in [0.25, 0.3) is 0 Å². The standard InChI is InChI=1S/C12H21NO4S/c14-11(15)7-5-3-1-2-4-6-10-13-9(8-18-10)12(16)17/h9-10,13H,1-8H2,(H,14,15)(H,16,17). The van der Waals surface area contributed by atoms with Crippen molar-refractivity contribution in [3.63, 3.8) is 0 Å². The van der Waals surface area contributed by atoms with Crippen LogP contribution >= 0.6 is 11.8 Å². The van der Waals surface area contributed by atoms with Gasteiger partial charge in [0.2, 0.25) is 0 Å². The molecule has 5 nitrogen and oxygen atoms in total. The van der Waals surface area contributed by atoms with Gasteiger partial charge in [0, 0.05) is 12.2 Å². The maximum absolute atomic E-state index is 10.7. The summed E-state index contributed by atoms with van der Waals surface area (Å²) < 4.78 is 0. The van der Waals surface area contributed by atoms with E-state index in [-0.39, 0.29) is 11.8 Å². The van der Waals surface area contributed by atoms with E-state index in [1.807, 2.05) is 0 Å². The van der Waals surface area contributed by atoms with Crippen LogP contribution in [0.4, 0.5) is 0 Å². The minimum atomic E-state index is -0.765. The summed E-state index contributed by atoms with van der Waals surface area (Å²) in [5.41, 5.74) is 0. The zero-order chi connectivity index (χ0) is 13.4. The molecule has 1 rings (SSSR count). The highest BCUT2D eigenvalue weighted by Gasteiger charge is 2.28. The Bertz CT molecular complexity index is 285. The van der Waals surface area contributed by atoms with Crippen LogP contribution < -0.4 is 5.32 Å². The largest absolute Gasteiger partial charge is 0.481 e. The van der Waals surface area contributed by atoms with E-state index in [1.165, 1.54) is 0 Å². The predicted molar refractivity (Wildman–Crippen MR) is 70.8 cm³/mol. The molecule has 0 aromatic heterocycles. The smallest absolute Gasteiger partial charge is 0.321 e. The van der Waals surface area contributed by atoms with Gasteiger partial charge in [-0.2, -0.15) is 0 Å². The highest BCUT2D eigenvalue weighted by Crippen LogP contribution is 2.23. The maximum atomic E-state index is 10.7. The molecule has 3 N–H and O–H groups in total. The molecule has 0 saturated carbocycles. The first-order valence-corrected chi connectivity index (χ1v) is 7.46. The molecule has 1 heterocycles. The van der Waals surface area contributed by atoms with Gasteiger partial charge in [0.1, 0.15) is 6.04 Å². The molecule has 0 bridgehead atoms. The molecular formula is C12H21NO4S. The Morgan fingerprint density at radius 3 is 2.39 bits per heavy atom. The molecule has 0 aliphatic carbocycles. The van der Waals surface area contributed by atoms with Gasteiger partial charge in [0.15, 0.2) is 0 Å². The van der Waals surface area contributed by atoms with Crippen molar-refractivity contribution in [1.29, 1.82) is 0 Å². The Balaban J connectivity index is 1.93. The van der Waals surface area contributed by atoms with Crippen molar-refractivity contribution in [3.05, 3.63) is 0 Å². The van der Waals surface area contributed by atoms with Crippen molar-refractivity contribution in [2.75, 3.05) is 5.75 Å². The van der Waals surface area contributed by atoms with Gasteiger partial charge in [-0.25, -0.2) is 0 Å². The number of thioether (sulfide) groups is 1. The van der Waals surface area contributed by atoms with Crippen LogP contribution in [0, 0.1) is 0 Å². The van der Waals surface area contributed by atoms with E-state index >= 15 is 0 Å². The molecule has 18 heavy (non-hydrogen) atoms. The fraction of sp³-hybridized carbons (Fsp3) is 0.833. The highest BCUT2D eigenvalue weighted by molar-refractivity contribution is 8.00. The average molecular weight is 275 g/mol. The second-order valence-corrected chi connectivity index (χ2v) is 5.82. The summed E-state index contributed by atoms with van der Waals surface area (Å²) in [6.07, 6.45) is 6.21. The first kappa shape index (κ1) is 15.3. The van der Waals surface area contributed by atoms with E-state index in [9.17, 15) is 9.59 Å². The molecule has 0 radical (unpaired) electrons. The lowest BCUT2D eigenvalue weighted by Gasteiger charge is -2.10. The summed E-state index contributed by atoms with van der Waals surface area (Å²) in [5, 5.41) is 20.7. The van der Waals surface area contributed by atoms with Gasteiger partial charge in [-0.1, -0.05) is 25.7 Å². The van der Waals surface area contributed by atoms with E-state index < -0.39 is 18.0 Å². The Kier molecular flexibility index (Phi) is 7.12. The molecule has 0 amide bonds. The van der Waals surface area contributed by atoms with E-state index in [2.05, 4.69) is 5.32 Å². The summed E-state index contributed by atoms with van der Waals surface area (Å²) in [4.78, 5) is 21.0. The first-order chi connectivity index (χ1) is 8.59. The molecule has 1 aliphatic heterocycles. The van der Waals surface area contributed by atoms with Crippen molar-refractivity contribution in [2.45, 2.75) is 56.4 Å². The molecule has 1 fully saturated rings. The lowest BCUT2D eigenvalue weighted by atomic mass is 10.1. The number of carboxylic acid groups (broad SMARTS) is 2. The molecule has 0 spiro atoms. The molecule has 1 saturated heterocycles. The summed E-state index contributed by atoms with van der Waals surface area (Å²) >= 11 is 1.68. The van der Waals surface area contributed by atoms with Crippen LogP contribution in [0.25, 0.3) is 0 Å². The minimum Gasteiger partial charge on any atom is -0.481 e. The zero-order valence-electron chi connectivity index (χ0n) is 10.4. The highest BCUT2D eigenvalue weighted by atomic mass is 32.2. The number of hydrogen-bond acceptors (Lipinski definition) is 4. The van der Waals surface area contributed by atoms with Gasteiger partial charge < -0.3 is 10.2 Å². The number of unbranched alkanes of at least 4 members (excludes halogenated alkanes) is 4. The van der Waals surface area contributed by atoms with E-state index in [0.29, 0.717) is 5.75 Å². The summed E-state index contributed by atoms with van der Waals surface area (Å²) in [6, 6.07) is -0.393. The second kappa shape index (κ2) is 8.37. The van der Waals surface area contributed by atoms with Crippen LogP contribution in [0.5, 0.6) is 0 Å². The summed E-state index contributed by atoms with van der Waals surface area (Å²) in [6.45, 7) is 0. The van der Waals surface area contributed by atoms with Gasteiger partial charge in [-0.05, 0) is 12.8 Å². The van der Waals surface area contributed by atoms with Crippen molar-refractivity contribution >= 4 is 23.7 Å². The Morgan fingerprint density at radius 2 is 1.78 bits per heavy atom. The molecular weight excluding hydrogens is 254 g/mol. The number of hydrogen-bond donors (Lipinski definition) is 3. The number of aliphatic carboxylic acids is 2. The second-order valence-electron chi connectivity index (χ2n) is 4.58. The third-order valence-corrected chi connectivity index (χ3v) is 4.31. The van der Waals surface area contributed by atoms with Crippen molar-refractivity contribution in [2.24, 2.45) is 0 Å². The van der Waals surface area contributed by atoms with Gasteiger partial charge in [0.05, 0.1) is 5.37 Å². The van der Waals surface area contributed by atoms with Gasteiger partial charge >= 0.3 is 11.9 Å². The van der Waals surface area contributed by atoms with E-state index in [1.54, 1.807) is 11.8 Å². The molecule has 2 atom stereocenters. The fourth-order valence-electron chi connectivity index (χ4n) is 1.98. The zero-order valence-corrected chi connectivity index (χ0v) is 11.2. The summed E-state index contributed by atoms with van der Waals surface area (Å²) in [7, 11) is 0. The quantitative estimate of drug-likeness (QED) is 0.557. The lowest BCUT2D eigenvalue weighted by Crippen LogP contribution is -2.36. The van der Waals surface area contributed by atoms with Crippen molar-refractivity contribution in [1.82, 2.24) is 5.32 Å². The molecule has 1 aliphatic rings. The van der Waals surface area contributed by atoms with Crippen molar-refractivity contribution < 1.29 is 19.8 Å². The molecule has 0 aromatic carbocycles.